The fourth-order valence-electron chi connectivity index (χ4n) is 2.68. The summed E-state index contributed by atoms with van der Waals surface area (Å²) in [5.41, 5.74) is 0.354. The van der Waals surface area contributed by atoms with Gasteiger partial charge < -0.3 is 9.97 Å². The van der Waals surface area contributed by atoms with Gasteiger partial charge in [-0.1, -0.05) is 12.7 Å². The number of nitrogens with one attached hydrogen (secondary N) is 2. The Morgan fingerprint density at radius 2 is 1.76 bits per heavy atom. The van der Waals surface area contributed by atoms with Gasteiger partial charge in [-0.2, -0.15) is 13.2 Å². The second-order valence-electron chi connectivity index (χ2n) is 4.82. The maximum Gasteiger partial charge on any atom is 0.417 e. The van der Waals surface area contributed by atoms with E-state index in [2.05, 4.69) is 16.5 Å². The third-order valence-corrected chi connectivity index (χ3v) is 3.51. The van der Waals surface area contributed by atoms with Crippen molar-refractivity contribution in [3.63, 3.8) is 0 Å². The first-order valence-electron chi connectivity index (χ1n) is 6.21. The molecule has 0 amide bonds. The number of pyridine rings is 1. The molecule has 0 atom stereocenters. The Kier molecular flexibility index (Phi) is 2.73. The molecule has 6 heteroatoms. The van der Waals surface area contributed by atoms with Crippen molar-refractivity contribution < 1.29 is 13.2 Å². The molecule has 0 saturated heterocycles. The minimum absolute atomic E-state index is 0.0150. The van der Waals surface area contributed by atoms with Crippen LogP contribution in [0.25, 0.3) is 27.9 Å². The molecule has 0 aliphatic carbocycles. The smallest absolute Gasteiger partial charge is 0.358 e. The zero-order chi connectivity index (χ0) is 15.4. The van der Waals surface area contributed by atoms with E-state index in [9.17, 15) is 18.0 Å². The van der Waals surface area contributed by atoms with Crippen molar-refractivity contribution in [2.75, 3.05) is 0 Å². The summed E-state index contributed by atoms with van der Waals surface area (Å²) >= 11 is 0. The van der Waals surface area contributed by atoms with Crippen LogP contribution in [0.15, 0.2) is 29.6 Å². The number of halogens is 3. The maximum atomic E-state index is 13.3. The largest absolute Gasteiger partial charge is 0.417 e. The van der Waals surface area contributed by atoms with Gasteiger partial charge in [-0.3, -0.25) is 4.79 Å². The zero-order valence-corrected chi connectivity index (χ0v) is 11.1. The molecule has 3 nitrogen and oxygen atoms in total. The number of aromatic amines is 2. The van der Waals surface area contributed by atoms with E-state index >= 15 is 0 Å². The van der Waals surface area contributed by atoms with Gasteiger partial charge >= 0.3 is 6.18 Å². The topological polar surface area (TPSA) is 48.6 Å². The summed E-state index contributed by atoms with van der Waals surface area (Å²) in [6.07, 6.45) is -3.09. The fraction of sp³-hybridized carbons (Fsp3) is 0.133. The van der Waals surface area contributed by atoms with E-state index in [-0.39, 0.29) is 10.9 Å². The molecule has 0 unspecified atom stereocenters. The molecule has 0 saturated carbocycles. The van der Waals surface area contributed by atoms with Gasteiger partial charge in [-0.25, -0.2) is 0 Å². The third kappa shape index (κ3) is 1.94. The van der Waals surface area contributed by atoms with Gasteiger partial charge in [0.15, 0.2) is 0 Å². The lowest BCUT2D eigenvalue weighted by Crippen LogP contribution is -2.14. The van der Waals surface area contributed by atoms with Gasteiger partial charge in [0.25, 0.3) is 0 Å². The number of rotatable bonds is 1. The van der Waals surface area contributed by atoms with Crippen molar-refractivity contribution in [1.82, 2.24) is 9.97 Å². The molecule has 0 aliphatic rings. The van der Waals surface area contributed by atoms with Gasteiger partial charge in [0.1, 0.15) is 0 Å². The van der Waals surface area contributed by atoms with E-state index in [0.29, 0.717) is 22.5 Å². The second kappa shape index (κ2) is 4.25. The van der Waals surface area contributed by atoms with Gasteiger partial charge in [0.2, 0.25) is 5.56 Å². The van der Waals surface area contributed by atoms with Crippen LogP contribution in [-0.4, -0.2) is 9.97 Å². The Balaban J connectivity index is 2.66. The van der Waals surface area contributed by atoms with Crippen LogP contribution in [0.2, 0.25) is 0 Å². The molecule has 0 spiro atoms. The molecule has 0 bridgehead atoms. The predicted octanol–water partition coefficient (Wildman–Crippen LogP) is 3.98. The molecule has 1 aromatic carbocycles. The van der Waals surface area contributed by atoms with Crippen molar-refractivity contribution in [3.05, 3.63) is 52.0 Å². The fourth-order valence-corrected chi connectivity index (χ4v) is 2.68. The van der Waals surface area contributed by atoms with Crippen molar-refractivity contribution in [2.45, 2.75) is 13.1 Å². The highest BCUT2D eigenvalue weighted by Crippen LogP contribution is 2.38. The number of alkyl halides is 3. The summed E-state index contributed by atoms with van der Waals surface area (Å²) in [5, 5.41) is 0.405. The van der Waals surface area contributed by atoms with Crippen LogP contribution in [0.5, 0.6) is 0 Å². The molecule has 108 valence electrons. The van der Waals surface area contributed by atoms with E-state index in [0.717, 1.165) is 5.69 Å². The summed E-state index contributed by atoms with van der Waals surface area (Å²) < 4.78 is 39.8. The van der Waals surface area contributed by atoms with Gasteiger partial charge in [-0.05, 0) is 19.1 Å². The Labute approximate surface area is 117 Å². The van der Waals surface area contributed by atoms with Crippen molar-refractivity contribution in [1.29, 1.82) is 0 Å². The number of aryl methyl sites for hydroxylation is 1. The van der Waals surface area contributed by atoms with Crippen LogP contribution in [0.4, 0.5) is 13.2 Å². The molecule has 0 radical (unpaired) electrons. The van der Waals surface area contributed by atoms with E-state index in [1.54, 1.807) is 13.0 Å². The summed E-state index contributed by atoms with van der Waals surface area (Å²) in [6, 6.07) is 3.71. The van der Waals surface area contributed by atoms with E-state index in [1.807, 2.05) is 0 Å². The normalized spacial score (nSPS) is 12.2. The molecule has 2 N–H and O–H groups in total. The van der Waals surface area contributed by atoms with Gasteiger partial charge in [0.05, 0.1) is 5.56 Å². The van der Waals surface area contributed by atoms with E-state index in [4.69, 9.17) is 0 Å². The number of benzene rings is 1. The number of hydrogen-bond acceptors (Lipinski definition) is 1. The molecule has 0 fully saturated rings. The summed E-state index contributed by atoms with van der Waals surface area (Å²) in [6.45, 7) is 5.42. The first kappa shape index (κ1) is 13.5. The average molecular weight is 292 g/mol. The van der Waals surface area contributed by atoms with E-state index < -0.39 is 17.3 Å². The molecule has 0 aliphatic heterocycles. The number of H-pyrrole nitrogens is 2. The first-order chi connectivity index (χ1) is 9.82. The molecule has 21 heavy (non-hydrogen) atoms. The minimum atomic E-state index is -4.61. The van der Waals surface area contributed by atoms with Crippen LogP contribution >= 0.6 is 0 Å². The highest BCUT2D eigenvalue weighted by atomic mass is 19.4. The monoisotopic (exact) mass is 292 g/mol. The van der Waals surface area contributed by atoms with Crippen molar-refractivity contribution >= 4 is 27.9 Å². The Morgan fingerprint density at radius 1 is 1.14 bits per heavy atom. The van der Waals surface area contributed by atoms with Crippen LogP contribution in [0.3, 0.4) is 0 Å². The number of fused-ring (bicyclic) bond motifs is 3. The summed E-state index contributed by atoms with van der Waals surface area (Å²) in [5.74, 6) is 0. The highest BCUT2D eigenvalue weighted by molar-refractivity contribution is 6.11. The summed E-state index contributed by atoms with van der Waals surface area (Å²) in [7, 11) is 0. The molecule has 2 aromatic heterocycles. The Hall–Kier alpha value is -2.50. The lowest BCUT2D eigenvalue weighted by Gasteiger charge is -2.11. The molecule has 3 aromatic rings. The Morgan fingerprint density at radius 3 is 2.33 bits per heavy atom. The SMILES string of the molecule is C=Cc1c(C)[nH]c2ccc3[nH]c(=O)cc(C(F)(F)F)c3c12. The Bertz CT molecular complexity index is 932. The lowest BCUT2D eigenvalue weighted by molar-refractivity contribution is -0.136. The quantitative estimate of drug-likeness (QED) is 0.700. The van der Waals surface area contributed by atoms with Crippen LogP contribution < -0.4 is 5.56 Å². The summed E-state index contributed by atoms with van der Waals surface area (Å²) in [4.78, 5) is 16.9. The van der Waals surface area contributed by atoms with Gasteiger partial charge in [-0.15, -0.1) is 0 Å². The van der Waals surface area contributed by atoms with Crippen LogP contribution in [-0.2, 0) is 6.18 Å². The molecular formula is C15H11F3N2O. The number of aromatic nitrogens is 2. The third-order valence-electron chi connectivity index (χ3n) is 3.51. The van der Waals surface area contributed by atoms with Crippen LogP contribution in [0, 0.1) is 6.92 Å². The highest BCUT2D eigenvalue weighted by Gasteiger charge is 2.34. The van der Waals surface area contributed by atoms with Crippen LogP contribution in [0.1, 0.15) is 16.8 Å². The van der Waals surface area contributed by atoms with E-state index in [1.165, 1.54) is 12.1 Å². The number of hydrogen-bond donors (Lipinski definition) is 2. The average Bonchev–Trinajstić information content (AvgIpc) is 2.71. The van der Waals surface area contributed by atoms with Crippen molar-refractivity contribution in [2.24, 2.45) is 0 Å². The predicted molar refractivity (Wildman–Crippen MR) is 76.3 cm³/mol. The molecule has 3 rings (SSSR count). The minimum Gasteiger partial charge on any atom is -0.358 e. The molecule has 2 heterocycles. The standard InChI is InChI=1S/C15H11F3N2O/c1-3-8-7(2)19-10-4-5-11-14(13(8)10)9(15(16,17)18)6-12(21)20-11/h3-6,19H,1H2,2H3,(H,20,21). The first-order valence-corrected chi connectivity index (χ1v) is 6.21. The zero-order valence-electron chi connectivity index (χ0n) is 11.1. The molecular weight excluding hydrogens is 281 g/mol. The lowest BCUT2D eigenvalue weighted by atomic mass is 10.0. The van der Waals surface area contributed by atoms with Gasteiger partial charge in [0, 0.05) is 39.1 Å². The maximum absolute atomic E-state index is 13.3. The van der Waals surface area contributed by atoms with Crippen molar-refractivity contribution in [3.8, 4) is 0 Å². The second-order valence-corrected chi connectivity index (χ2v) is 4.82.